The van der Waals surface area contributed by atoms with Crippen molar-refractivity contribution in [1.82, 2.24) is 20.1 Å². The number of benzene rings is 1. The quantitative estimate of drug-likeness (QED) is 0.598. The highest BCUT2D eigenvalue weighted by atomic mass is 16.3. The Morgan fingerprint density at radius 2 is 1.90 bits per heavy atom. The number of nitrogens with zero attached hydrogens (tertiary/aromatic N) is 3. The molecule has 1 aromatic carbocycles. The average Bonchev–Trinajstić information content (AvgIpc) is 3.13. The molecule has 2 aromatic heterocycles. The fraction of sp³-hybridized carbons (Fsp3) is 0.318. The van der Waals surface area contributed by atoms with Crippen molar-refractivity contribution in [3.63, 3.8) is 0 Å². The van der Waals surface area contributed by atoms with Crippen molar-refractivity contribution in [3.8, 4) is 0 Å². The van der Waals surface area contributed by atoms with E-state index < -0.39 is 12.1 Å². The van der Waals surface area contributed by atoms with Gasteiger partial charge in [-0.1, -0.05) is 51.1 Å². The molecule has 0 bridgehead atoms. The number of carbonyl (C=O) groups is 1. The lowest BCUT2D eigenvalue weighted by Crippen LogP contribution is -2.32. The van der Waals surface area contributed by atoms with Gasteiger partial charge in [0, 0.05) is 25.0 Å². The molecule has 0 radical (unpaired) electrons. The Bertz CT molecular complexity index is 930. The lowest BCUT2D eigenvalue weighted by Gasteiger charge is -2.20. The van der Waals surface area contributed by atoms with Crippen LogP contribution in [0.4, 0.5) is 10.6 Å². The minimum Gasteiger partial charge on any atom is -0.387 e. The van der Waals surface area contributed by atoms with E-state index in [1.54, 1.807) is 23.1 Å². The number of aromatic nitrogens is 3. The smallest absolute Gasteiger partial charge is 0.320 e. The van der Waals surface area contributed by atoms with Crippen LogP contribution in [0.2, 0.25) is 0 Å². The third-order valence-corrected chi connectivity index (χ3v) is 4.55. The van der Waals surface area contributed by atoms with Gasteiger partial charge in [-0.3, -0.25) is 15.0 Å². The van der Waals surface area contributed by atoms with Crippen molar-refractivity contribution >= 4 is 11.8 Å². The van der Waals surface area contributed by atoms with Crippen molar-refractivity contribution in [2.45, 2.75) is 38.8 Å². The second-order valence-corrected chi connectivity index (χ2v) is 7.94. The number of pyridine rings is 1. The number of aliphatic hydroxyl groups excluding tert-OH is 1. The molecule has 29 heavy (non-hydrogen) atoms. The molecule has 0 unspecified atom stereocenters. The monoisotopic (exact) mass is 393 g/mol. The Hall–Kier alpha value is -3.19. The van der Waals surface area contributed by atoms with E-state index in [-0.39, 0.29) is 12.0 Å². The molecule has 0 spiro atoms. The maximum absolute atomic E-state index is 12.1. The van der Waals surface area contributed by atoms with Gasteiger partial charge in [0.2, 0.25) is 0 Å². The van der Waals surface area contributed by atoms with Gasteiger partial charge < -0.3 is 10.4 Å². The van der Waals surface area contributed by atoms with Gasteiger partial charge in [0.15, 0.2) is 5.82 Å². The van der Waals surface area contributed by atoms with Crippen LogP contribution >= 0.6 is 0 Å². The minimum absolute atomic E-state index is 0.0571. The van der Waals surface area contributed by atoms with E-state index >= 15 is 0 Å². The van der Waals surface area contributed by atoms with Crippen molar-refractivity contribution in [3.05, 3.63) is 77.7 Å². The molecular weight excluding hydrogens is 366 g/mol. The number of hydrogen-bond acceptors (Lipinski definition) is 4. The molecule has 2 heterocycles. The summed E-state index contributed by atoms with van der Waals surface area (Å²) in [7, 11) is 0. The molecule has 3 aromatic rings. The molecule has 3 rings (SSSR count). The molecule has 0 fully saturated rings. The number of urea groups is 1. The lowest BCUT2D eigenvalue weighted by molar-refractivity contribution is 0.175. The predicted molar refractivity (Wildman–Crippen MR) is 113 cm³/mol. The first kappa shape index (κ1) is 20.5. The van der Waals surface area contributed by atoms with Crippen LogP contribution in [-0.2, 0) is 12.0 Å². The van der Waals surface area contributed by atoms with Crippen molar-refractivity contribution in [1.29, 1.82) is 0 Å². The largest absolute Gasteiger partial charge is 0.387 e. The number of hydrogen-bond donors (Lipinski definition) is 3. The molecule has 1 atom stereocenters. The molecular formula is C22H27N5O2. The van der Waals surface area contributed by atoms with Crippen LogP contribution in [0.15, 0.2) is 60.9 Å². The van der Waals surface area contributed by atoms with Crippen molar-refractivity contribution in [2.24, 2.45) is 0 Å². The van der Waals surface area contributed by atoms with Crippen LogP contribution in [0, 0.1) is 0 Å². The maximum atomic E-state index is 12.1. The normalized spacial score (nSPS) is 12.4. The zero-order valence-electron chi connectivity index (χ0n) is 17.0. The Kier molecular flexibility index (Phi) is 6.29. The molecule has 2 amide bonds. The molecule has 152 valence electrons. The first-order chi connectivity index (χ1) is 13.8. The van der Waals surface area contributed by atoms with E-state index in [4.69, 9.17) is 0 Å². The number of carbonyl (C=O) groups excluding carboxylic acids is 1. The summed E-state index contributed by atoms with van der Waals surface area (Å²) in [5.41, 5.74) is 2.90. The maximum Gasteiger partial charge on any atom is 0.320 e. The first-order valence-electron chi connectivity index (χ1n) is 9.58. The minimum atomic E-state index is -0.781. The average molecular weight is 393 g/mol. The Labute approximate surface area is 170 Å². The molecule has 0 saturated heterocycles. The van der Waals surface area contributed by atoms with E-state index in [1.807, 2.05) is 42.5 Å². The van der Waals surface area contributed by atoms with Gasteiger partial charge in [0.05, 0.1) is 18.3 Å². The SMILES string of the molecule is CC(C)(C)c1ccc([C@@H](O)CNC(=O)Nc2ccn(Cc3ccccn3)n2)cc1. The van der Waals surface area contributed by atoms with E-state index in [9.17, 15) is 9.90 Å². The topological polar surface area (TPSA) is 92.1 Å². The molecule has 0 aliphatic rings. The van der Waals surface area contributed by atoms with Gasteiger partial charge in [0.25, 0.3) is 0 Å². The van der Waals surface area contributed by atoms with Gasteiger partial charge in [0.1, 0.15) is 0 Å². The third kappa shape index (κ3) is 5.89. The molecule has 7 heteroatoms. The van der Waals surface area contributed by atoms with Gasteiger partial charge in [-0.2, -0.15) is 5.10 Å². The van der Waals surface area contributed by atoms with Gasteiger partial charge in [-0.25, -0.2) is 4.79 Å². The molecule has 0 aliphatic carbocycles. The first-order valence-corrected chi connectivity index (χ1v) is 9.58. The standard InChI is InChI=1S/C22H27N5O2/c1-22(2,3)17-9-7-16(8-10-17)19(28)14-24-21(29)25-20-11-13-27(26-20)15-18-6-4-5-12-23-18/h4-13,19,28H,14-15H2,1-3H3,(H2,24,25,26,29)/t19-/m0/s1. The number of aliphatic hydroxyl groups is 1. The number of amides is 2. The third-order valence-electron chi connectivity index (χ3n) is 4.55. The Morgan fingerprint density at radius 1 is 1.14 bits per heavy atom. The zero-order chi connectivity index (χ0) is 20.9. The van der Waals surface area contributed by atoms with E-state index in [0.717, 1.165) is 11.3 Å². The summed E-state index contributed by atoms with van der Waals surface area (Å²) < 4.78 is 1.70. The summed E-state index contributed by atoms with van der Waals surface area (Å²) in [6.45, 7) is 7.05. The summed E-state index contributed by atoms with van der Waals surface area (Å²) in [5.74, 6) is 0.433. The van der Waals surface area contributed by atoms with Crippen molar-refractivity contribution < 1.29 is 9.90 Å². The summed E-state index contributed by atoms with van der Waals surface area (Å²) in [5, 5.41) is 20.0. The van der Waals surface area contributed by atoms with Crippen LogP contribution in [0.25, 0.3) is 0 Å². The summed E-state index contributed by atoms with van der Waals surface area (Å²) in [6, 6.07) is 14.8. The van der Waals surface area contributed by atoms with Crippen molar-refractivity contribution in [2.75, 3.05) is 11.9 Å². The van der Waals surface area contributed by atoms with E-state index in [2.05, 4.69) is 41.5 Å². The predicted octanol–water partition coefficient (Wildman–Crippen LogP) is 3.48. The molecule has 0 saturated carbocycles. The molecule has 3 N–H and O–H groups in total. The van der Waals surface area contributed by atoms with Gasteiger partial charge in [-0.15, -0.1) is 0 Å². The lowest BCUT2D eigenvalue weighted by atomic mass is 9.86. The van der Waals surface area contributed by atoms with Crippen LogP contribution in [0.1, 0.15) is 43.7 Å². The molecule has 0 aliphatic heterocycles. The fourth-order valence-corrected chi connectivity index (χ4v) is 2.85. The summed E-state index contributed by atoms with van der Waals surface area (Å²) in [6.07, 6.45) is 2.72. The fourth-order valence-electron chi connectivity index (χ4n) is 2.85. The highest BCUT2D eigenvalue weighted by molar-refractivity contribution is 5.88. The highest BCUT2D eigenvalue weighted by Gasteiger charge is 2.15. The zero-order valence-corrected chi connectivity index (χ0v) is 17.0. The van der Waals surface area contributed by atoms with E-state index in [0.29, 0.717) is 12.4 Å². The van der Waals surface area contributed by atoms with Crippen LogP contribution < -0.4 is 10.6 Å². The van der Waals surface area contributed by atoms with Crippen LogP contribution in [0.5, 0.6) is 0 Å². The Morgan fingerprint density at radius 3 is 2.55 bits per heavy atom. The second-order valence-electron chi connectivity index (χ2n) is 7.94. The molecule has 7 nitrogen and oxygen atoms in total. The second kappa shape index (κ2) is 8.87. The highest BCUT2D eigenvalue weighted by Crippen LogP contribution is 2.23. The number of rotatable bonds is 6. The summed E-state index contributed by atoms with van der Waals surface area (Å²) >= 11 is 0. The Balaban J connectivity index is 1.48. The number of nitrogens with one attached hydrogen (secondary N) is 2. The summed E-state index contributed by atoms with van der Waals surface area (Å²) in [4.78, 5) is 16.4. The van der Waals surface area contributed by atoms with Gasteiger partial charge >= 0.3 is 6.03 Å². The number of anilines is 1. The van der Waals surface area contributed by atoms with Crippen LogP contribution in [0.3, 0.4) is 0 Å². The van der Waals surface area contributed by atoms with E-state index in [1.165, 1.54) is 5.56 Å². The van der Waals surface area contributed by atoms with Gasteiger partial charge in [-0.05, 0) is 28.7 Å². The van der Waals surface area contributed by atoms with Crippen LogP contribution in [-0.4, -0.2) is 32.4 Å².